The van der Waals surface area contributed by atoms with Crippen molar-refractivity contribution in [3.05, 3.63) is 107 Å². The molecule has 0 spiro atoms. The molecule has 0 unspecified atom stereocenters. The number of nitrogens with one attached hydrogen (secondary N) is 1. The van der Waals surface area contributed by atoms with Crippen LogP contribution in [-0.2, 0) is 4.74 Å². The van der Waals surface area contributed by atoms with E-state index in [1.54, 1.807) is 30.5 Å². The maximum Gasteiger partial charge on any atom is 0.337 e. The van der Waals surface area contributed by atoms with Gasteiger partial charge in [0.05, 0.1) is 36.1 Å². The maximum atomic E-state index is 11.9. The minimum atomic E-state index is -0.370. The number of benzene rings is 2. The third-order valence-corrected chi connectivity index (χ3v) is 6.89. The highest BCUT2D eigenvalue weighted by Gasteiger charge is 2.43. The SMILES string of the molecule is COC(=O)c1ccc(-n2c(C)cc([C@H]3[C@@H](c4ccccn4)NC(=S)N3c3ccccc3O)c2C)cc1. The van der Waals surface area contributed by atoms with Crippen molar-refractivity contribution in [3.63, 3.8) is 0 Å². The molecule has 2 atom stereocenters. The Balaban J connectivity index is 1.64. The number of aromatic hydroxyl groups is 1. The van der Waals surface area contributed by atoms with Crippen LogP contribution in [0, 0.1) is 13.8 Å². The van der Waals surface area contributed by atoms with Crippen LogP contribution in [-0.4, -0.2) is 32.8 Å². The van der Waals surface area contributed by atoms with Crippen molar-refractivity contribution in [3.8, 4) is 11.4 Å². The third-order valence-electron chi connectivity index (χ3n) is 6.57. The Bertz CT molecular complexity index is 1430. The Morgan fingerprint density at radius 3 is 2.44 bits per heavy atom. The molecule has 3 heterocycles. The molecule has 2 aromatic heterocycles. The Morgan fingerprint density at radius 1 is 1.06 bits per heavy atom. The smallest absolute Gasteiger partial charge is 0.337 e. The van der Waals surface area contributed by atoms with Gasteiger partial charge in [0, 0.05) is 23.3 Å². The van der Waals surface area contributed by atoms with Gasteiger partial charge in [0.2, 0.25) is 0 Å². The highest BCUT2D eigenvalue weighted by atomic mass is 32.1. The molecule has 2 N–H and O–H groups in total. The number of carbonyl (C=O) groups excluding carboxylic acids is 1. The van der Waals surface area contributed by atoms with E-state index in [-0.39, 0.29) is 23.8 Å². The Labute approximate surface area is 215 Å². The summed E-state index contributed by atoms with van der Waals surface area (Å²) in [6.07, 6.45) is 1.77. The number of hydrogen-bond acceptors (Lipinski definition) is 5. The third kappa shape index (κ3) is 3.99. The first-order valence-electron chi connectivity index (χ1n) is 11.6. The van der Waals surface area contributed by atoms with Gasteiger partial charge in [-0.3, -0.25) is 4.98 Å². The monoisotopic (exact) mass is 498 g/mol. The molecule has 0 radical (unpaired) electrons. The largest absolute Gasteiger partial charge is 0.506 e. The summed E-state index contributed by atoms with van der Waals surface area (Å²) in [7, 11) is 1.37. The van der Waals surface area contributed by atoms with Crippen molar-refractivity contribution in [1.29, 1.82) is 0 Å². The predicted molar refractivity (Wildman–Crippen MR) is 143 cm³/mol. The van der Waals surface area contributed by atoms with E-state index in [1.807, 2.05) is 54.3 Å². The number of rotatable bonds is 5. The fourth-order valence-corrected chi connectivity index (χ4v) is 5.29. The number of carbonyl (C=O) groups is 1. The van der Waals surface area contributed by atoms with Gasteiger partial charge >= 0.3 is 5.97 Å². The van der Waals surface area contributed by atoms with E-state index in [1.165, 1.54) is 7.11 Å². The number of phenolic OH excluding ortho intramolecular Hbond substituents is 1. The second-order valence-corrected chi connectivity index (χ2v) is 9.07. The fourth-order valence-electron chi connectivity index (χ4n) is 4.95. The standard InChI is InChI=1S/C28H26N4O3S/c1-17-16-21(18(2)31(17)20-13-11-19(12-14-20)27(34)35-3)26-25(22-8-6-7-15-29-22)30-28(36)32(26)23-9-4-5-10-24(23)33/h4-16,25-26,33H,1-3H3,(H,30,36)/t25-,26+/m1/s1. The molecule has 2 aromatic carbocycles. The van der Waals surface area contributed by atoms with Crippen LogP contribution in [0.4, 0.5) is 5.69 Å². The van der Waals surface area contributed by atoms with Crippen LogP contribution in [0.3, 0.4) is 0 Å². The van der Waals surface area contributed by atoms with E-state index in [0.29, 0.717) is 16.4 Å². The van der Waals surface area contributed by atoms with E-state index in [2.05, 4.69) is 27.9 Å². The molecular formula is C28H26N4O3S. The molecule has 0 bridgehead atoms. The first-order valence-corrected chi connectivity index (χ1v) is 12.0. The number of nitrogens with zero attached hydrogens (tertiary/aromatic N) is 3. The summed E-state index contributed by atoms with van der Waals surface area (Å²) in [6.45, 7) is 4.11. The number of phenols is 1. The number of thiocarbonyl (C=S) groups is 1. The Hall–Kier alpha value is -4.17. The van der Waals surface area contributed by atoms with Crippen molar-refractivity contribution in [1.82, 2.24) is 14.9 Å². The summed E-state index contributed by atoms with van der Waals surface area (Å²) in [4.78, 5) is 18.5. The summed E-state index contributed by atoms with van der Waals surface area (Å²) in [5, 5.41) is 14.7. The minimum Gasteiger partial charge on any atom is -0.506 e. The van der Waals surface area contributed by atoms with Crippen molar-refractivity contribution in [2.75, 3.05) is 12.0 Å². The zero-order valence-electron chi connectivity index (χ0n) is 20.2. The number of anilines is 1. The molecule has 0 saturated carbocycles. The second-order valence-electron chi connectivity index (χ2n) is 8.69. The molecule has 36 heavy (non-hydrogen) atoms. The maximum absolute atomic E-state index is 11.9. The van der Waals surface area contributed by atoms with Crippen LogP contribution in [0.15, 0.2) is 79.0 Å². The number of esters is 1. The minimum absolute atomic E-state index is 0.153. The van der Waals surface area contributed by atoms with Gasteiger partial charge in [-0.25, -0.2) is 4.79 Å². The molecule has 4 aromatic rings. The average Bonchev–Trinajstić information content (AvgIpc) is 3.39. The average molecular weight is 499 g/mol. The highest BCUT2D eigenvalue weighted by molar-refractivity contribution is 7.80. The van der Waals surface area contributed by atoms with Gasteiger partial charge in [0.15, 0.2) is 5.11 Å². The first kappa shape index (κ1) is 23.6. The van der Waals surface area contributed by atoms with Gasteiger partial charge in [-0.1, -0.05) is 18.2 Å². The van der Waals surface area contributed by atoms with Crippen molar-refractivity contribution in [2.45, 2.75) is 25.9 Å². The van der Waals surface area contributed by atoms with Crippen LogP contribution in [0.5, 0.6) is 5.75 Å². The van der Waals surface area contributed by atoms with E-state index < -0.39 is 0 Å². The number of pyridine rings is 1. The normalized spacial score (nSPS) is 17.2. The van der Waals surface area contributed by atoms with Gasteiger partial charge in [0.25, 0.3) is 0 Å². The molecular weight excluding hydrogens is 472 g/mol. The van der Waals surface area contributed by atoms with Gasteiger partial charge in [-0.05, 0) is 86.2 Å². The number of para-hydroxylation sites is 2. The van der Waals surface area contributed by atoms with Crippen molar-refractivity contribution >= 4 is 29.0 Å². The van der Waals surface area contributed by atoms with Crippen LogP contribution in [0.2, 0.25) is 0 Å². The summed E-state index contributed by atoms with van der Waals surface area (Å²) < 4.78 is 6.98. The lowest BCUT2D eigenvalue weighted by Crippen LogP contribution is -2.29. The molecule has 182 valence electrons. The van der Waals surface area contributed by atoms with Crippen LogP contribution in [0.1, 0.15) is 45.1 Å². The lowest BCUT2D eigenvalue weighted by atomic mass is 9.96. The zero-order chi connectivity index (χ0) is 25.4. The van der Waals surface area contributed by atoms with E-state index in [9.17, 15) is 9.90 Å². The van der Waals surface area contributed by atoms with E-state index >= 15 is 0 Å². The first-order chi connectivity index (χ1) is 17.4. The highest BCUT2D eigenvalue weighted by Crippen LogP contribution is 2.45. The van der Waals surface area contributed by atoms with E-state index in [0.717, 1.165) is 28.3 Å². The molecule has 8 heteroatoms. The van der Waals surface area contributed by atoms with Crippen LogP contribution in [0.25, 0.3) is 5.69 Å². The number of hydrogen-bond donors (Lipinski definition) is 2. The van der Waals surface area contributed by atoms with Crippen LogP contribution >= 0.6 is 12.2 Å². The molecule has 1 saturated heterocycles. The van der Waals surface area contributed by atoms with Gasteiger partial charge < -0.3 is 24.6 Å². The zero-order valence-corrected chi connectivity index (χ0v) is 21.0. The summed E-state index contributed by atoms with van der Waals surface area (Å²) >= 11 is 5.79. The number of aryl methyl sites for hydroxylation is 1. The van der Waals surface area contributed by atoms with Gasteiger partial charge in [-0.15, -0.1) is 0 Å². The second kappa shape index (κ2) is 9.47. The lowest BCUT2D eigenvalue weighted by molar-refractivity contribution is 0.0600. The topological polar surface area (TPSA) is 79.6 Å². The summed E-state index contributed by atoms with van der Waals surface area (Å²) in [5.74, 6) is -0.217. The summed E-state index contributed by atoms with van der Waals surface area (Å²) in [6, 6.07) is 22.0. The molecule has 0 aliphatic carbocycles. The quantitative estimate of drug-likeness (QED) is 0.291. The number of methoxy groups -OCH3 is 1. The predicted octanol–water partition coefficient (Wildman–Crippen LogP) is 5.16. The summed E-state index contributed by atoms with van der Waals surface area (Å²) in [5.41, 5.74) is 6.02. The molecule has 1 aliphatic rings. The van der Waals surface area contributed by atoms with Crippen LogP contribution < -0.4 is 10.2 Å². The molecule has 1 fully saturated rings. The van der Waals surface area contributed by atoms with Crippen molar-refractivity contribution < 1.29 is 14.6 Å². The van der Waals surface area contributed by atoms with E-state index in [4.69, 9.17) is 17.0 Å². The molecule has 1 aliphatic heterocycles. The lowest BCUT2D eigenvalue weighted by Gasteiger charge is -2.28. The Morgan fingerprint density at radius 2 is 1.78 bits per heavy atom. The Kier molecular flexibility index (Phi) is 6.20. The van der Waals surface area contributed by atoms with Gasteiger partial charge in [-0.2, -0.15) is 0 Å². The molecule has 0 amide bonds. The van der Waals surface area contributed by atoms with Gasteiger partial charge in [0.1, 0.15) is 5.75 Å². The molecule has 5 rings (SSSR count). The van der Waals surface area contributed by atoms with Crippen molar-refractivity contribution in [2.24, 2.45) is 0 Å². The number of aromatic nitrogens is 2. The molecule has 7 nitrogen and oxygen atoms in total. The number of ether oxygens (including phenoxy) is 1. The fraction of sp³-hybridized carbons (Fsp3) is 0.179.